The highest BCUT2D eigenvalue weighted by Gasteiger charge is 2.26. The first-order chi connectivity index (χ1) is 6.25. The van der Waals surface area contributed by atoms with Crippen LogP contribution in [0, 0.1) is 5.92 Å². The molecule has 1 amide bonds. The summed E-state index contributed by atoms with van der Waals surface area (Å²) in [7, 11) is 0. The van der Waals surface area contributed by atoms with Gasteiger partial charge >= 0.3 is 0 Å². The number of hydrogen-bond acceptors (Lipinski definition) is 2. The molecule has 0 aromatic heterocycles. The third kappa shape index (κ3) is 2.99. The number of primary amides is 1. The van der Waals surface area contributed by atoms with Crippen molar-refractivity contribution in [3.05, 3.63) is 0 Å². The Kier molecular flexibility index (Phi) is 4.22. The quantitative estimate of drug-likeness (QED) is 0.685. The van der Waals surface area contributed by atoms with Crippen LogP contribution in [0.4, 0.5) is 0 Å². The van der Waals surface area contributed by atoms with Crippen molar-refractivity contribution in [3.8, 4) is 0 Å². The minimum Gasteiger partial charge on any atom is -0.368 e. The van der Waals surface area contributed by atoms with Gasteiger partial charge in [0.25, 0.3) is 0 Å². The Morgan fingerprint density at radius 1 is 1.46 bits per heavy atom. The van der Waals surface area contributed by atoms with Crippen LogP contribution in [0.2, 0.25) is 0 Å². The van der Waals surface area contributed by atoms with Crippen molar-refractivity contribution in [1.29, 1.82) is 0 Å². The van der Waals surface area contributed by atoms with Gasteiger partial charge in [-0.25, -0.2) is 0 Å². The Labute approximate surface area is 80.1 Å². The Balaban J connectivity index is 2.46. The number of carbonyl (C=O) groups excluding carboxylic acids is 1. The molecule has 0 aliphatic heterocycles. The molecule has 0 heterocycles. The van der Waals surface area contributed by atoms with E-state index in [-0.39, 0.29) is 11.9 Å². The fourth-order valence-electron chi connectivity index (χ4n) is 2.19. The van der Waals surface area contributed by atoms with Gasteiger partial charge in [0.15, 0.2) is 0 Å². The van der Waals surface area contributed by atoms with Gasteiger partial charge in [0.05, 0.1) is 6.04 Å². The molecule has 0 radical (unpaired) electrons. The number of nitrogens with two attached hydrogens (primary N) is 1. The molecular formula is C10H20N2O. The van der Waals surface area contributed by atoms with Crippen LogP contribution < -0.4 is 11.1 Å². The second-order valence-electron chi connectivity index (χ2n) is 3.84. The molecule has 3 heteroatoms. The van der Waals surface area contributed by atoms with Crippen molar-refractivity contribution in [2.24, 2.45) is 11.7 Å². The number of hydrogen-bond donors (Lipinski definition) is 2. The van der Waals surface area contributed by atoms with E-state index >= 15 is 0 Å². The summed E-state index contributed by atoms with van der Waals surface area (Å²) in [6.07, 6.45) is 6.12. The number of carbonyl (C=O) groups is 1. The lowest BCUT2D eigenvalue weighted by atomic mass is 9.83. The fraction of sp³-hybridized carbons (Fsp3) is 0.900. The molecule has 3 N–H and O–H groups in total. The molecule has 1 saturated carbocycles. The fourth-order valence-corrected chi connectivity index (χ4v) is 2.19. The summed E-state index contributed by atoms with van der Waals surface area (Å²) in [6.45, 7) is 2.84. The van der Waals surface area contributed by atoms with Gasteiger partial charge in [-0.05, 0) is 25.3 Å². The number of likely N-dealkylation sites (N-methyl/N-ethyl adjacent to an activating group) is 1. The van der Waals surface area contributed by atoms with Crippen LogP contribution in [0.15, 0.2) is 0 Å². The highest BCUT2D eigenvalue weighted by atomic mass is 16.1. The first-order valence-electron chi connectivity index (χ1n) is 5.28. The monoisotopic (exact) mass is 184 g/mol. The summed E-state index contributed by atoms with van der Waals surface area (Å²) < 4.78 is 0. The summed E-state index contributed by atoms with van der Waals surface area (Å²) in [6, 6.07) is -0.0923. The minimum atomic E-state index is -0.186. The third-order valence-corrected chi connectivity index (χ3v) is 2.85. The van der Waals surface area contributed by atoms with Gasteiger partial charge in [-0.1, -0.05) is 26.2 Å². The van der Waals surface area contributed by atoms with E-state index in [9.17, 15) is 4.79 Å². The van der Waals surface area contributed by atoms with E-state index in [0.29, 0.717) is 5.92 Å². The summed E-state index contributed by atoms with van der Waals surface area (Å²) in [5.41, 5.74) is 5.35. The highest BCUT2D eigenvalue weighted by molar-refractivity contribution is 5.80. The maximum Gasteiger partial charge on any atom is 0.234 e. The van der Waals surface area contributed by atoms with Crippen LogP contribution >= 0.6 is 0 Å². The molecule has 0 aromatic carbocycles. The van der Waals surface area contributed by atoms with Crippen LogP contribution in [-0.2, 0) is 4.79 Å². The SMILES string of the molecule is CCN[C@@H](C(N)=O)C1CCCCC1. The van der Waals surface area contributed by atoms with E-state index in [1.165, 1.54) is 19.3 Å². The molecule has 0 saturated heterocycles. The Morgan fingerprint density at radius 3 is 2.54 bits per heavy atom. The van der Waals surface area contributed by atoms with Gasteiger partial charge in [0, 0.05) is 0 Å². The van der Waals surface area contributed by atoms with E-state index in [2.05, 4.69) is 5.32 Å². The van der Waals surface area contributed by atoms with Crippen molar-refractivity contribution in [1.82, 2.24) is 5.32 Å². The number of amides is 1. The van der Waals surface area contributed by atoms with Crippen molar-refractivity contribution in [3.63, 3.8) is 0 Å². The first-order valence-corrected chi connectivity index (χ1v) is 5.28. The molecular weight excluding hydrogens is 164 g/mol. The molecule has 1 aliphatic carbocycles. The summed E-state index contributed by atoms with van der Waals surface area (Å²) in [4.78, 5) is 11.1. The molecule has 1 rings (SSSR count). The van der Waals surface area contributed by atoms with Gasteiger partial charge < -0.3 is 11.1 Å². The van der Waals surface area contributed by atoms with E-state index in [1.807, 2.05) is 6.92 Å². The smallest absolute Gasteiger partial charge is 0.234 e. The lowest BCUT2D eigenvalue weighted by Gasteiger charge is -2.28. The molecule has 1 fully saturated rings. The van der Waals surface area contributed by atoms with Crippen LogP contribution in [-0.4, -0.2) is 18.5 Å². The lowest BCUT2D eigenvalue weighted by Crippen LogP contribution is -2.47. The largest absolute Gasteiger partial charge is 0.368 e. The molecule has 13 heavy (non-hydrogen) atoms. The zero-order valence-electron chi connectivity index (χ0n) is 8.38. The second kappa shape index (κ2) is 5.22. The Hall–Kier alpha value is -0.570. The van der Waals surface area contributed by atoms with Crippen LogP contribution in [0.1, 0.15) is 39.0 Å². The maximum absolute atomic E-state index is 11.1. The zero-order chi connectivity index (χ0) is 9.68. The molecule has 1 aliphatic rings. The van der Waals surface area contributed by atoms with E-state index in [0.717, 1.165) is 19.4 Å². The summed E-state index contributed by atoms with van der Waals surface area (Å²) in [5, 5.41) is 3.18. The predicted molar refractivity (Wildman–Crippen MR) is 53.2 cm³/mol. The van der Waals surface area contributed by atoms with Gasteiger partial charge in [0.1, 0.15) is 0 Å². The van der Waals surface area contributed by atoms with Gasteiger partial charge in [-0.2, -0.15) is 0 Å². The van der Waals surface area contributed by atoms with E-state index in [1.54, 1.807) is 0 Å². The molecule has 0 bridgehead atoms. The second-order valence-corrected chi connectivity index (χ2v) is 3.84. The van der Waals surface area contributed by atoms with Crippen molar-refractivity contribution < 1.29 is 4.79 Å². The molecule has 3 nitrogen and oxygen atoms in total. The standard InChI is InChI=1S/C10H20N2O/c1-2-12-9(10(11)13)8-6-4-3-5-7-8/h8-9,12H,2-7H2,1H3,(H2,11,13)/t9-/m1/s1. The predicted octanol–water partition coefficient (Wildman–Crippen LogP) is 1.03. The van der Waals surface area contributed by atoms with Crippen molar-refractivity contribution in [2.75, 3.05) is 6.54 Å². The Morgan fingerprint density at radius 2 is 2.08 bits per heavy atom. The van der Waals surface area contributed by atoms with Gasteiger partial charge in [-0.3, -0.25) is 4.79 Å². The molecule has 0 unspecified atom stereocenters. The molecule has 76 valence electrons. The van der Waals surface area contributed by atoms with Crippen LogP contribution in [0.25, 0.3) is 0 Å². The van der Waals surface area contributed by atoms with E-state index < -0.39 is 0 Å². The average Bonchev–Trinajstić information content (AvgIpc) is 2.15. The maximum atomic E-state index is 11.1. The van der Waals surface area contributed by atoms with E-state index in [4.69, 9.17) is 5.73 Å². The van der Waals surface area contributed by atoms with Crippen LogP contribution in [0.3, 0.4) is 0 Å². The summed E-state index contributed by atoms with van der Waals surface area (Å²) in [5.74, 6) is 0.292. The molecule has 0 spiro atoms. The zero-order valence-corrected chi connectivity index (χ0v) is 8.38. The number of nitrogens with one attached hydrogen (secondary N) is 1. The lowest BCUT2D eigenvalue weighted by molar-refractivity contribution is -0.121. The molecule has 0 aromatic rings. The Bertz CT molecular complexity index is 164. The molecule has 1 atom stereocenters. The minimum absolute atomic E-state index is 0.0923. The number of rotatable bonds is 4. The van der Waals surface area contributed by atoms with Crippen LogP contribution in [0.5, 0.6) is 0 Å². The normalized spacial score (nSPS) is 21.3. The third-order valence-electron chi connectivity index (χ3n) is 2.85. The van der Waals surface area contributed by atoms with Gasteiger partial charge in [0.2, 0.25) is 5.91 Å². The average molecular weight is 184 g/mol. The first kappa shape index (κ1) is 10.5. The van der Waals surface area contributed by atoms with Gasteiger partial charge in [-0.15, -0.1) is 0 Å². The van der Waals surface area contributed by atoms with Crippen molar-refractivity contribution in [2.45, 2.75) is 45.1 Å². The topological polar surface area (TPSA) is 55.1 Å². The highest BCUT2D eigenvalue weighted by Crippen LogP contribution is 2.26. The summed E-state index contributed by atoms with van der Waals surface area (Å²) >= 11 is 0. The van der Waals surface area contributed by atoms with Crippen molar-refractivity contribution >= 4 is 5.91 Å².